The van der Waals surface area contributed by atoms with Gasteiger partial charge in [0.05, 0.1) is 13.1 Å². The van der Waals surface area contributed by atoms with E-state index in [2.05, 4.69) is 5.32 Å². The quantitative estimate of drug-likeness (QED) is 0.849. The van der Waals surface area contributed by atoms with Crippen LogP contribution in [-0.2, 0) is 11.2 Å². The van der Waals surface area contributed by atoms with Gasteiger partial charge in [0.25, 0.3) is 5.91 Å². The molecule has 1 aromatic rings. The molecule has 0 bridgehead atoms. The van der Waals surface area contributed by atoms with Gasteiger partial charge in [0.2, 0.25) is 0 Å². The van der Waals surface area contributed by atoms with Crippen molar-refractivity contribution in [3.8, 4) is 0 Å². The molecule has 1 amide bonds. The Morgan fingerprint density at radius 3 is 2.78 bits per heavy atom. The summed E-state index contributed by atoms with van der Waals surface area (Å²) in [5.74, 6) is 1.66. The van der Waals surface area contributed by atoms with Crippen LogP contribution in [-0.4, -0.2) is 32.1 Å². The van der Waals surface area contributed by atoms with E-state index in [4.69, 9.17) is 0 Å². The fraction of sp³-hybridized carbons (Fsp3) is 0.632. The van der Waals surface area contributed by atoms with Crippen molar-refractivity contribution < 1.29 is 14.1 Å². The van der Waals surface area contributed by atoms with Gasteiger partial charge in [-0.1, -0.05) is 31.0 Å². The van der Waals surface area contributed by atoms with Crippen LogP contribution < -0.4 is 10.2 Å². The molecule has 0 spiro atoms. The van der Waals surface area contributed by atoms with Crippen LogP contribution in [0.4, 0.5) is 4.39 Å². The zero-order chi connectivity index (χ0) is 16.1. The van der Waals surface area contributed by atoms with Gasteiger partial charge >= 0.3 is 0 Å². The summed E-state index contributed by atoms with van der Waals surface area (Å²) in [5.41, 5.74) is 0.670. The maximum absolute atomic E-state index is 13.5. The normalized spacial score (nSPS) is 27.3. The highest BCUT2D eigenvalue weighted by molar-refractivity contribution is 5.76. The summed E-state index contributed by atoms with van der Waals surface area (Å²) < 4.78 is 13.5. The van der Waals surface area contributed by atoms with Crippen LogP contribution in [0.1, 0.15) is 37.7 Å². The molecule has 1 unspecified atom stereocenters. The molecule has 2 N–H and O–H groups in total. The number of hydrogen-bond donors (Lipinski definition) is 2. The van der Waals surface area contributed by atoms with Crippen LogP contribution >= 0.6 is 0 Å². The molecule has 3 atom stereocenters. The van der Waals surface area contributed by atoms with Crippen LogP contribution in [0.2, 0.25) is 0 Å². The van der Waals surface area contributed by atoms with Crippen molar-refractivity contribution in [3.05, 3.63) is 35.6 Å². The third kappa shape index (κ3) is 4.54. The molecule has 4 heteroatoms. The summed E-state index contributed by atoms with van der Waals surface area (Å²) in [6.45, 7) is 3.37. The molecule has 3 rings (SSSR count). The first-order valence-corrected chi connectivity index (χ1v) is 9.06. The molecule has 1 saturated carbocycles. The minimum absolute atomic E-state index is 0.102. The second-order valence-corrected chi connectivity index (χ2v) is 7.17. The van der Waals surface area contributed by atoms with Crippen molar-refractivity contribution in [2.24, 2.45) is 11.8 Å². The van der Waals surface area contributed by atoms with Gasteiger partial charge in [-0.2, -0.15) is 0 Å². The van der Waals surface area contributed by atoms with E-state index in [1.807, 2.05) is 6.07 Å². The molecule has 1 saturated heterocycles. The van der Waals surface area contributed by atoms with Crippen LogP contribution in [0.3, 0.4) is 0 Å². The average Bonchev–Trinajstić information content (AvgIpc) is 2.56. The highest BCUT2D eigenvalue weighted by atomic mass is 19.1. The number of carbonyl (C=O) groups is 1. The summed E-state index contributed by atoms with van der Waals surface area (Å²) >= 11 is 0. The zero-order valence-corrected chi connectivity index (χ0v) is 13.8. The lowest BCUT2D eigenvalue weighted by molar-refractivity contribution is -0.902. The predicted octanol–water partition coefficient (Wildman–Crippen LogP) is 1.58. The highest BCUT2D eigenvalue weighted by Crippen LogP contribution is 2.32. The Morgan fingerprint density at radius 2 is 1.96 bits per heavy atom. The lowest BCUT2D eigenvalue weighted by Crippen LogP contribution is -3.15. The average molecular weight is 319 g/mol. The van der Waals surface area contributed by atoms with Crippen molar-refractivity contribution >= 4 is 5.91 Å². The molecular weight excluding hydrogens is 291 g/mol. The van der Waals surface area contributed by atoms with Gasteiger partial charge in [-0.15, -0.1) is 0 Å². The van der Waals surface area contributed by atoms with E-state index in [-0.39, 0.29) is 11.7 Å². The molecule has 126 valence electrons. The minimum atomic E-state index is -0.188. The number of amides is 1. The topological polar surface area (TPSA) is 33.5 Å². The van der Waals surface area contributed by atoms with Gasteiger partial charge in [0, 0.05) is 12.5 Å². The van der Waals surface area contributed by atoms with E-state index >= 15 is 0 Å². The molecule has 0 aromatic heterocycles. The molecule has 2 aliphatic rings. The third-order valence-corrected chi connectivity index (χ3v) is 5.57. The van der Waals surface area contributed by atoms with Gasteiger partial charge in [-0.25, -0.2) is 4.39 Å². The number of quaternary nitrogens is 1. The van der Waals surface area contributed by atoms with E-state index in [9.17, 15) is 9.18 Å². The lowest BCUT2D eigenvalue weighted by atomic mass is 9.75. The number of fused-ring (bicyclic) bond motifs is 1. The number of piperidine rings is 1. The smallest absolute Gasteiger partial charge is 0.275 e. The molecule has 23 heavy (non-hydrogen) atoms. The summed E-state index contributed by atoms with van der Waals surface area (Å²) in [6, 6.07) is 6.77. The maximum atomic E-state index is 13.5. The van der Waals surface area contributed by atoms with Gasteiger partial charge in [0.1, 0.15) is 5.82 Å². The fourth-order valence-electron chi connectivity index (χ4n) is 4.28. The van der Waals surface area contributed by atoms with E-state index in [1.54, 1.807) is 12.1 Å². The summed E-state index contributed by atoms with van der Waals surface area (Å²) in [6.07, 6.45) is 7.34. The van der Waals surface area contributed by atoms with Gasteiger partial charge in [0.15, 0.2) is 6.54 Å². The van der Waals surface area contributed by atoms with Crippen molar-refractivity contribution in [1.82, 2.24) is 5.32 Å². The number of halogens is 1. The van der Waals surface area contributed by atoms with Crippen LogP contribution in [0.25, 0.3) is 0 Å². The SMILES string of the molecule is O=C(C[NH+]1CC[C@H]2CCCC[C@@H]2C1)NCCc1ccccc1F. The third-order valence-electron chi connectivity index (χ3n) is 5.57. The Bertz CT molecular complexity index is 534. The van der Waals surface area contributed by atoms with Crippen molar-refractivity contribution in [2.45, 2.75) is 38.5 Å². The summed E-state index contributed by atoms with van der Waals surface area (Å²) in [5, 5.41) is 2.95. The van der Waals surface area contributed by atoms with E-state index < -0.39 is 0 Å². The monoisotopic (exact) mass is 319 g/mol. The van der Waals surface area contributed by atoms with Gasteiger partial charge in [-0.05, 0) is 43.2 Å². The molecule has 1 aliphatic carbocycles. The molecule has 1 aromatic carbocycles. The van der Waals surface area contributed by atoms with Crippen molar-refractivity contribution in [2.75, 3.05) is 26.2 Å². The largest absolute Gasteiger partial charge is 0.351 e. The van der Waals surface area contributed by atoms with Crippen molar-refractivity contribution in [1.29, 1.82) is 0 Å². The number of benzene rings is 1. The number of rotatable bonds is 5. The molecule has 0 radical (unpaired) electrons. The van der Waals surface area contributed by atoms with E-state index in [1.165, 1.54) is 43.1 Å². The molecular formula is C19H28FN2O+. The molecule has 1 heterocycles. The number of nitrogens with one attached hydrogen (secondary N) is 2. The van der Waals surface area contributed by atoms with E-state index in [0.29, 0.717) is 25.1 Å². The number of likely N-dealkylation sites (tertiary alicyclic amines) is 1. The van der Waals surface area contributed by atoms with Gasteiger partial charge < -0.3 is 10.2 Å². The standard InChI is InChI=1S/C19H27FN2O/c20-18-8-4-3-6-16(18)9-11-21-19(23)14-22-12-10-15-5-1-2-7-17(15)13-22/h3-4,6,8,15,17H,1-2,5,7,9-14H2,(H,21,23)/p+1/t15-,17-/m1/s1. The highest BCUT2D eigenvalue weighted by Gasteiger charge is 2.34. The van der Waals surface area contributed by atoms with Crippen molar-refractivity contribution in [3.63, 3.8) is 0 Å². The minimum Gasteiger partial charge on any atom is -0.351 e. The van der Waals surface area contributed by atoms with Crippen LogP contribution in [0.5, 0.6) is 0 Å². The zero-order valence-electron chi connectivity index (χ0n) is 13.8. The number of hydrogen-bond acceptors (Lipinski definition) is 1. The Labute approximate surface area is 138 Å². The van der Waals surface area contributed by atoms with E-state index in [0.717, 1.165) is 24.9 Å². The predicted molar refractivity (Wildman–Crippen MR) is 88.7 cm³/mol. The molecule has 2 fully saturated rings. The maximum Gasteiger partial charge on any atom is 0.275 e. The first-order valence-electron chi connectivity index (χ1n) is 9.06. The Morgan fingerprint density at radius 1 is 1.17 bits per heavy atom. The molecule has 3 nitrogen and oxygen atoms in total. The Hall–Kier alpha value is -1.42. The lowest BCUT2D eigenvalue weighted by Gasteiger charge is -2.38. The molecule has 1 aliphatic heterocycles. The first kappa shape index (κ1) is 16.4. The van der Waals surface area contributed by atoms with Gasteiger partial charge in [-0.3, -0.25) is 4.79 Å². The number of carbonyl (C=O) groups excluding carboxylic acids is 1. The second kappa shape index (κ2) is 7.91. The van der Waals surface area contributed by atoms with Crippen LogP contribution in [0, 0.1) is 17.7 Å². The van der Waals surface area contributed by atoms with Crippen LogP contribution in [0.15, 0.2) is 24.3 Å². The Kier molecular flexibility index (Phi) is 5.65. The summed E-state index contributed by atoms with van der Waals surface area (Å²) in [4.78, 5) is 13.5. The fourth-order valence-corrected chi connectivity index (χ4v) is 4.28. The first-order chi connectivity index (χ1) is 11.2. The summed E-state index contributed by atoms with van der Waals surface area (Å²) in [7, 11) is 0. The second-order valence-electron chi connectivity index (χ2n) is 7.17. The Balaban J connectivity index is 1.39.